The summed E-state index contributed by atoms with van der Waals surface area (Å²) in [6, 6.07) is 11.2. The number of hydrogen-bond acceptors (Lipinski definition) is 14. The summed E-state index contributed by atoms with van der Waals surface area (Å²) < 4.78 is 41.2. The van der Waals surface area contributed by atoms with Crippen LogP contribution in [0.15, 0.2) is 85.1 Å². The normalized spacial score (nSPS) is 13.7. The third-order valence-corrected chi connectivity index (χ3v) is 11.9. The van der Waals surface area contributed by atoms with Crippen molar-refractivity contribution in [3.63, 3.8) is 0 Å². The fraction of sp³-hybridized carbons (Fsp3) is 0.412. The maximum absolute atomic E-state index is 14.3. The number of aliphatic carboxylic acids is 2. The number of carboxylic acid groups (broad SMARTS) is 2. The minimum atomic E-state index is -4.84. The molecule has 0 saturated carbocycles. The average molecular weight is 1110 g/mol. The molecule has 13 N–H and O–H groups in total. The summed E-state index contributed by atoms with van der Waals surface area (Å²) in [5.41, 5.74) is 6.68. The lowest BCUT2D eigenvalue weighted by Crippen LogP contribution is -2.59. The monoisotopic (exact) mass is 1110 g/mol. The second-order valence-electron chi connectivity index (χ2n) is 19.0. The van der Waals surface area contributed by atoms with E-state index in [0.29, 0.717) is 40.4 Å². The summed E-state index contributed by atoms with van der Waals surface area (Å²) in [5.74, 6) is -10.2. The van der Waals surface area contributed by atoms with E-state index in [0.717, 1.165) is 0 Å². The molecular formula is C51H65N9O17S. The Labute approximate surface area is 448 Å². The minimum absolute atomic E-state index is 0.0519. The molecule has 0 spiro atoms. The van der Waals surface area contributed by atoms with Crippen molar-refractivity contribution in [2.45, 2.75) is 127 Å². The Morgan fingerprint density at radius 1 is 0.628 bits per heavy atom. The number of fused-ring (bicyclic) bond motifs is 1. The van der Waals surface area contributed by atoms with Gasteiger partial charge in [0.15, 0.2) is 0 Å². The van der Waals surface area contributed by atoms with Crippen molar-refractivity contribution in [1.82, 2.24) is 42.2 Å². The standard InChI is InChI=1S/C51H65N9O17S/c1-5-6-15-35(56-47(69)38(60-50(72)76-51(2,3)4)24-30-17-19-32(20-18-30)77-78(73,74)75)45(67)54-28-41(61)55-39(25-31-27-53-34-16-11-10-14-33(31)34)48(70)57-36(21-22-42(62)63)46(68)59-40(26-43(64)65)49(71)58-37(44(52)66)23-29-12-8-7-9-13-29/h7-14,16-20,27,35-40,53H,5-6,15,21-26,28H2,1-4H3,(H2,52,66)(H,54,67)(H,55,61)(H,56,69)(H,57,70)(H,58,71)(H,59,68)(H,60,72)(H,62,63)(H,64,65)(H,73,74,75)/t35-,36-,37-,38-,39-,40-/m0/s1. The van der Waals surface area contributed by atoms with E-state index in [2.05, 4.69) is 46.4 Å². The van der Waals surface area contributed by atoms with Crippen LogP contribution in [0.2, 0.25) is 0 Å². The van der Waals surface area contributed by atoms with E-state index < -0.39 is 137 Å². The van der Waals surface area contributed by atoms with E-state index in [4.69, 9.17) is 15.0 Å². The molecule has 0 unspecified atom stereocenters. The Balaban J connectivity index is 1.55. The van der Waals surface area contributed by atoms with Gasteiger partial charge >= 0.3 is 28.4 Å². The number of carbonyl (C=O) groups is 10. The fourth-order valence-corrected chi connectivity index (χ4v) is 8.08. The van der Waals surface area contributed by atoms with E-state index in [1.165, 1.54) is 24.3 Å². The first kappa shape index (κ1) is 62.0. The molecule has 0 aliphatic rings. The van der Waals surface area contributed by atoms with Crippen LogP contribution in [0.1, 0.15) is 82.9 Å². The van der Waals surface area contributed by atoms with Crippen LogP contribution in [-0.2, 0) is 77.5 Å². The molecule has 422 valence electrons. The van der Waals surface area contributed by atoms with Crippen molar-refractivity contribution < 1.29 is 80.0 Å². The molecule has 8 amide bonds. The lowest BCUT2D eigenvalue weighted by atomic mass is 10.0. The first-order valence-electron chi connectivity index (χ1n) is 24.6. The quantitative estimate of drug-likeness (QED) is 0.0322. The number of carbonyl (C=O) groups excluding carboxylic acids is 8. The van der Waals surface area contributed by atoms with Crippen LogP contribution in [0.25, 0.3) is 10.9 Å². The molecule has 4 aromatic rings. The van der Waals surface area contributed by atoms with Gasteiger partial charge in [-0.2, -0.15) is 8.42 Å². The second kappa shape index (κ2) is 29.1. The summed E-state index contributed by atoms with van der Waals surface area (Å²) >= 11 is 0. The number of nitrogens with two attached hydrogens (primary N) is 1. The molecule has 1 aromatic heterocycles. The molecule has 26 nitrogen and oxygen atoms in total. The van der Waals surface area contributed by atoms with Gasteiger partial charge < -0.3 is 67.1 Å². The van der Waals surface area contributed by atoms with Crippen molar-refractivity contribution in [1.29, 1.82) is 0 Å². The van der Waals surface area contributed by atoms with Crippen molar-refractivity contribution in [2.75, 3.05) is 6.54 Å². The van der Waals surface area contributed by atoms with E-state index in [9.17, 15) is 66.6 Å². The van der Waals surface area contributed by atoms with Crippen LogP contribution in [0.4, 0.5) is 4.79 Å². The zero-order valence-electron chi connectivity index (χ0n) is 43.2. The molecule has 0 radical (unpaired) electrons. The third-order valence-electron chi connectivity index (χ3n) is 11.5. The maximum atomic E-state index is 14.3. The van der Waals surface area contributed by atoms with Gasteiger partial charge in [-0.05, 0) is 68.5 Å². The zero-order valence-corrected chi connectivity index (χ0v) is 44.0. The van der Waals surface area contributed by atoms with Gasteiger partial charge in [0, 0.05) is 42.8 Å². The molecule has 0 bridgehead atoms. The predicted molar refractivity (Wildman–Crippen MR) is 278 cm³/mol. The average Bonchev–Trinajstić information content (AvgIpc) is 3.78. The number of benzene rings is 3. The molecule has 78 heavy (non-hydrogen) atoms. The Bertz CT molecular complexity index is 2890. The number of H-pyrrole nitrogens is 1. The number of amides is 8. The number of nitrogens with one attached hydrogen (secondary N) is 8. The highest BCUT2D eigenvalue weighted by molar-refractivity contribution is 7.81. The smallest absolute Gasteiger partial charge is 0.446 e. The number of alkyl carbamates (subject to hydrolysis) is 1. The van der Waals surface area contributed by atoms with Crippen molar-refractivity contribution >= 4 is 80.7 Å². The first-order chi connectivity index (χ1) is 36.7. The Morgan fingerprint density at radius 2 is 1.17 bits per heavy atom. The first-order valence-corrected chi connectivity index (χ1v) is 25.9. The van der Waals surface area contributed by atoms with Gasteiger partial charge in [-0.1, -0.05) is 80.4 Å². The van der Waals surface area contributed by atoms with Crippen LogP contribution >= 0.6 is 0 Å². The number of primary amides is 1. The molecule has 6 atom stereocenters. The molecule has 4 rings (SSSR count). The van der Waals surface area contributed by atoms with Gasteiger partial charge in [-0.3, -0.25) is 47.7 Å². The van der Waals surface area contributed by atoms with Crippen LogP contribution in [-0.4, -0.2) is 136 Å². The summed E-state index contributed by atoms with van der Waals surface area (Å²) in [4.78, 5) is 135. The number of carboxylic acids is 2. The Kier molecular flexibility index (Phi) is 23.1. The number of hydrogen-bond donors (Lipinski definition) is 12. The molecule has 0 saturated heterocycles. The Morgan fingerprint density at radius 3 is 1.76 bits per heavy atom. The largest absolute Gasteiger partial charge is 0.481 e. The lowest BCUT2D eigenvalue weighted by Gasteiger charge is -2.26. The molecule has 27 heteroatoms. The second-order valence-corrected chi connectivity index (χ2v) is 20.0. The highest BCUT2D eigenvalue weighted by Gasteiger charge is 2.34. The highest BCUT2D eigenvalue weighted by atomic mass is 32.3. The van der Waals surface area contributed by atoms with Crippen molar-refractivity contribution in [3.8, 4) is 5.75 Å². The summed E-state index contributed by atoms with van der Waals surface area (Å²) in [6.45, 7) is 5.82. The highest BCUT2D eigenvalue weighted by Crippen LogP contribution is 2.20. The van der Waals surface area contributed by atoms with Gasteiger partial charge in [0.1, 0.15) is 47.6 Å². The molecule has 0 fully saturated rings. The topological polar surface area (TPSA) is 410 Å². The maximum Gasteiger partial charge on any atom is 0.446 e. The number of ether oxygens (including phenoxy) is 1. The summed E-state index contributed by atoms with van der Waals surface area (Å²) in [7, 11) is -4.84. The fourth-order valence-electron chi connectivity index (χ4n) is 7.72. The Hall–Kier alpha value is -8.59. The van der Waals surface area contributed by atoms with Gasteiger partial charge in [-0.25, -0.2) is 4.79 Å². The van der Waals surface area contributed by atoms with Crippen molar-refractivity contribution in [3.05, 3.63) is 102 Å². The van der Waals surface area contributed by atoms with Gasteiger partial charge in [0.2, 0.25) is 41.4 Å². The molecule has 1 heterocycles. The molecule has 0 aliphatic heterocycles. The lowest BCUT2D eigenvalue weighted by molar-refractivity contribution is -0.141. The zero-order chi connectivity index (χ0) is 57.7. The van der Waals surface area contributed by atoms with Gasteiger partial charge in [-0.15, -0.1) is 0 Å². The number of para-hydroxylation sites is 1. The van der Waals surface area contributed by atoms with Crippen LogP contribution in [0.3, 0.4) is 0 Å². The third kappa shape index (κ3) is 21.6. The van der Waals surface area contributed by atoms with E-state index in [-0.39, 0.29) is 31.4 Å². The van der Waals surface area contributed by atoms with E-state index in [1.807, 2.05) is 6.92 Å². The van der Waals surface area contributed by atoms with Gasteiger partial charge in [0.05, 0.1) is 13.0 Å². The number of unbranched alkanes of at least 4 members (excludes halogenated alkanes) is 1. The van der Waals surface area contributed by atoms with Crippen molar-refractivity contribution in [2.24, 2.45) is 5.73 Å². The SMILES string of the molecule is CCCC[C@H](NC(=O)[C@H](Cc1ccc(OS(=O)(=O)O)cc1)NC(=O)OC(C)(C)C)C(=O)NCC(=O)N[C@@H](Cc1c[nH]c2ccccc12)C(=O)N[C@@H](CCC(=O)O)C(=O)N[C@@H](CC(=O)O)C(=O)N[C@@H](Cc1ccccc1)C(N)=O. The summed E-state index contributed by atoms with van der Waals surface area (Å²) in [5, 5.41) is 36.9. The number of aromatic amines is 1. The van der Waals surface area contributed by atoms with Crippen LogP contribution in [0, 0.1) is 0 Å². The van der Waals surface area contributed by atoms with E-state index >= 15 is 0 Å². The van der Waals surface area contributed by atoms with Crippen LogP contribution < -0.4 is 47.1 Å². The molecular weight excluding hydrogens is 1040 g/mol. The van der Waals surface area contributed by atoms with Crippen LogP contribution in [0.5, 0.6) is 5.75 Å². The number of aromatic nitrogens is 1. The summed E-state index contributed by atoms with van der Waals surface area (Å²) in [6.07, 6.45) is -1.28. The minimum Gasteiger partial charge on any atom is -0.481 e. The number of rotatable bonds is 30. The molecule has 3 aromatic carbocycles. The van der Waals surface area contributed by atoms with E-state index in [1.54, 1.807) is 81.6 Å². The predicted octanol–water partition coefficient (Wildman–Crippen LogP) is 0.826. The van der Waals surface area contributed by atoms with Gasteiger partial charge in [0.25, 0.3) is 0 Å². The molecule has 0 aliphatic carbocycles.